The van der Waals surface area contributed by atoms with E-state index in [0.29, 0.717) is 23.7 Å². The van der Waals surface area contributed by atoms with E-state index in [4.69, 9.17) is 22.3 Å². The average Bonchev–Trinajstić information content (AvgIpc) is 2.77. The van der Waals surface area contributed by atoms with Crippen LogP contribution in [-0.4, -0.2) is 30.0 Å². The molecule has 1 amide bonds. The van der Waals surface area contributed by atoms with Crippen LogP contribution < -0.4 is 5.90 Å². The highest BCUT2D eigenvalue weighted by molar-refractivity contribution is 6.33. The van der Waals surface area contributed by atoms with Gasteiger partial charge in [0.15, 0.2) is 0 Å². The molecule has 0 bridgehead atoms. The van der Waals surface area contributed by atoms with Crippen LogP contribution in [0.4, 0.5) is 0 Å². The van der Waals surface area contributed by atoms with Crippen LogP contribution in [0, 0.1) is 0 Å². The molecule has 1 aliphatic heterocycles. The van der Waals surface area contributed by atoms with E-state index < -0.39 is 0 Å². The smallest absolute Gasteiger partial charge is 0.255 e. The third-order valence-electron chi connectivity index (χ3n) is 2.73. The van der Waals surface area contributed by atoms with Crippen molar-refractivity contribution in [3.63, 3.8) is 0 Å². The minimum atomic E-state index is -0.0647. The van der Waals surface area contributed by atoms with Crippen LogP contribution in [0.1, 0.15) is 16.8 Å². The van der Waals surface area contributed by atoms with Crippen LogP contribution in [0.3, 0.4) is 0 Å². The van der Waals surface area contributed by atoms with E-state index in [9.17, 15) is 4.79 Å². The number of likely N-dealkylation sites (tertiary alicyclic amines) is 1. The Bertz CT molecular complexity index is 397. The van der Waals surface area contributed by atoms with E-state index >= 15 is 0 Å². The highest BCUT2D eigenvalue weighted by atomic mass is 35.5. The predicted molar refractivity (Wildman–Crippen MR) is 61.0 cm³/mol. The van der Waals surface area contributed by atoms with E-state index in [-0.39, 0.29) is 12.0 Å². The molecule has 2 N–H and O–H groups in total. The molecule has 86 valence electrons. The molecule has 1 saturated heterocycles. The number of halogens is 1. The standard InChI is InChI=1S/C11H13ClN2O2/c12-10-4-2-1-3-9(10)11(15)14-6-5-8(7-14)16-13/h1-4,8H,5-7,13H2. The zero-order valence-electron chi connectivity index (χ0n) is 8.73. The lowest BCUT2D eigenvalue weighted by Gasteiger charge is -2.16. The molecule has 1 heterocycles. The number of carbonyl (C=O) groups excluding carboxylic acids is 1. The van der Waals surface area contributed by atoms with Crippen molar-refractivity contribution >= 4 is 17.5 Å². The van der Waals surface area contributed by atoms with Crippen LogP contribution in [-0.2, 0) is 4.84 Å². The zero-order chi connectivity index (χ0) is 11.5. The summed E-state index contributed by atoms with van der Waals surface area (Å²) in [6, 6.07) is 7.03. The minimum absolute atomic E-state index is 0.0635. The van der Waals surface area contributed by atoms with Crippen LogP contribution in [0.2, 0.25) is 5.02 Å². The Hall–Kier alpha value is -1.10. The quantitative estimate of drug-likeness (QED) is 0.796. The highest BCUT2D eigenvalue weighted by Crippen LogP contribution is 2.20. The van der Waals surface area contributed by atoms with Gasteiger partial charge < -0.3 is 4.90 Å². The highest BCUT2D eigenvalue weighted by Gasteiger charge is 2.27. The van der Waals surface area contributed by atoms with Crippen molar-refractivity contribution in [3.8, 4) is 0 Å². The summed E-state index contributed by atoms with van der Waals surface area (Å²) in [7, 11) is 0. The lowest BCUT2D eigenvalue weighted by molar-refractivity contribution is 0.0537. The van der Waals surface area contributed by atoms with E-state index in [1.54, 1.807) is 29.2 Å². The summed E-state index contributed by atoms with van der Waals surface area (Å²) in [5, 5.41) is 0.476. The van der Waals surface area contributed by atoms with Gasteiger partial charge in [0.25, 0.3) is 5.91 Å². The van der Waals surface area contributed by atoms with Gasteiger partial charge in [0.05, 0.1) is 16.7 Å². The molecule has 4 nitrogen and oxygen atoms in total. The Morgan fingerprint density at radius 2 is 2.25 bits per heavy atom. The van der Waals surface area contributed by atoms with Gasteiger partial charge in [0.1, 0.15) is 0 Å². The molecule has 0 spiro atoms. The molecule has 16 heavy (non-hydrogen) atoms. The first-order chi connectivity index (χ1) is 7.72. The van der Waals surface area contributed by atoms with E-state index in [0.717, 1.165) is 6.42 Å². The summed E-state index contributed by atoms with van der Waals surface area (Å²) in [5.74, 6) is 5.04. The van der Waals surface area contributed by atoms with E-state index in [2.05, 4.69) is 0 Å². The summed E-state index contributed by atoms with van der Waals surface area (Å²) in [5.41, 5.74) is 0.529. The maximum atomic E-state index is 12.1. The van der Waals surface area contributed by atoms with Gasteiger partial charge in [-0.1, -0.05) is 23.7 Å². The van der Waals surface area contributed by atoms with Crippen LogP contribution >= 0.6 is 11.6 Å². The third-order valence-corrected chi connectivity index (χ3v) is 3.06. The number of rotatable bonds is 2. The van der Waals surface area contributed by atoms with Gasteiger partial charge in [0, 0.05) is 13.1 Å². The second-order valence-electron chi connectivity index (χ2n) is 3.78. The fourth-order valence-electron chi connectivity index (χ4n) is 1.83. The summed E-state index contributed by atoms with van der Waals surface area (Å²) in [6.45, 7) is 1.19. The van der Waals surface area contributed by atoms with Gasteiger partial charge in [0.2, 0.25) is 0 Å². The largest absolute Gasteiger partial charge is 0.336 e. The first-order valence-corrected chi connectivity index (χ1v) is 5.49. The van der Waals surface area contributed by atoms with Gasteiger partial charge in [-0.15, -0.1) is 0 Å². The van der Waals surface area contributed by atoms with Crippen molar-refractivity contribution < 1.29 is 9.63 Å². The van der Waals surface area contributed by atoms with Gasteiger partial charge in [-0.05, 0) is 18.6 Å². The molecule has 1 aliphatic rings. The Morgan fingerprint density at radius 3 is 2.88 bits per heavy atom. The summed E-state index contributed by atoms with van der Waals surface area (Å²) in [4.78, 5) is 18.5. The van der Waals surface area contributed by atoms with Crippen molar-refractivity contribution in [2.75, 3.05) is 13.1 Å². The van der Waals surface area contributed by atoms with Crippen molar-refractivity contribution in [2.24, 2.45) is 5.90 Å². The molecule has 1 aromatic carbocycles. The number of benzene rings is 1. The number of hydrogen-bond donors (Lipinski definition) is 1. The van der Waals surface area contributed by atoms with Crippen LogP contribution in [0.5, 0.6) is 0 Å². The van der Waals surface area contributed by atoms with Crippen molar-refractivity contribution in [1.29, 1.82) is 0 Å². The fraction of sp³-hybridized carbons (Fsp3) is 0.364. The molecule has 1 unspecified atom stereocenters. The second kappa shape index (κ2) is 4.82. The minimum Gasteiger partial charge on any atom is -0.336 e. The molecular formula is C11H13ClN2O2. The molecule has 0 saturated carbocycles. The molecule has 0 aromatic heterocycles. The second-order valence-corrected chi connectivity index (χ2v) is 4.18. The lowest BCUT2D eigenvalue weighted by Crippen LogP contribution is -2.31. The summed E-state index contributed by atoms with van der Waals surface area (Å²) in [6.07, 6.45) is 0.707. The number of amides is 1. The maximum absolute atomic E-state index is 12.1. The molecule has 1 aromatic rings. The van der Waals surface area contributed by atoms with Crippen molar-refractivity contribution in [3.05, 3.63) is 34.9 Å². The lowest BCUT2D eigenvalue weighted by atomic mass is 10.2. The molecule has 5 heteroatoms. The Morgan fingerprint density at radius 1 is 1.50 bits per heavy atom. The first-order valence-electron chi connectivity index (χ1n) is 5.11. The van der Waals surface area contributed by atoms with Gasteiger partial charge in [-0.3, -0.25) is 9.63 Å². The molecule has 2 rings (SSSR count). The van der Waals surface area contributed by atoms with Crippen LogP contribution in [0.15, 0.2) is 24.3 Å². The van der Waals surface area contributed by atoms with Crippen molar-refractivity contribution in [2.45, 2.75) is 12.5 Å². The molecular weight excluding hydrogens is 228 g/mol. The fourth-order valence-corrected chi connectivity index (χ4v) is 2.05. The Kier molecular flexibility index (Phi) is 3.43. The Labute approximate surface area is 98.9 Å². The summed E-state index contributed by atoms with van der Waals surface area (Å²) >= 11 is 5.96. The van der Waals surface area contributed by atoms with E-state index in [1.165, 1.54) is 0 Å². The van der Waals surface area contributed by atoms with Crippen LogP contribution in [0.25, 0.3) is 0 Å². The number of hydrogen-bond acceptors (Lipinski definition) is 3. The van der Waals surface area contributed by atoms with Gasteiger partial charge in [-0.2, -0.15) is 0 Å². The molecule has 1 atom stereocenters. The number of carbonyl (C=O) groups is 1. The van der Waals surface area contributed by atoms with Crippen molar-refractivity contribution in [1.82, 2.24) is 4.90 Å². The van der Waals surface area contributed by atoms with Gasteiger partial charge >= 0.3 is 0 Å². The number of nitrogens with zero attached hydrogens (tertiary/aromatic N) is 1. The normalized spacial score (nSPS) is 20.1. The number of nitrogens with two attached hydrogens (primary N) is 1. The predicted octanol–water partition coefficient (Wildman–Crippen LogP) is 1.44. The monoisotopic (exact) mass is 240 g/mol. The third kappa shape index (κ3) is 2.19. The summed E-state index contributed by atoms with van der Waals surface area (Å²) < 4.78 is 0. The zero-order valence-corrected chi connectivity index (χ0v) is 9.48. The SMILES string of the molecule is NOC1CCN(C(=O)c2ccccc2Cl)C1. The molecule has 0 aliphatic carbocycles. The molecule has 0 radical (unpaired) electrons. The topological polar surface area (TPSA) is 55.6 Å². The maximum Gasteiger partial charge on any atom is 0.255 e. The Balaban J connectivity index is 2.12. The first kappa shape index (κ1) is 11.4. The molecule has 1 fully saturated rings. The average molecular weight is 241 g/mol. The van der Waals surface area contributed by atoms with Gasteiger partial charge in [-0.25, -0.2) is 5.90 Å². The van der Waals surface area contributed by atoms with E-state index in [1.807, 2.05) is 0 Å².